The van der Waals surface area contributed by atoms with Crippen LogP contribution in [0.25, 0.3) is 0 Å². The summed E-state index contributed by atoms with van der Waals surface area (Å²) in [4.78, 5) is 37.6. The van der Waals surface area contributed by atoms with Gasteiger partial charge >= 0.3 is 5.97 Å². The van der Waals surface area contributed by atoms with Gasteiger partial charge in [-0.15, -0.1) is 0 Å². The molecule has 3 aromatic rings. The van der Waals surface area contributed by atoms with E-state index in [4.69, 9.17) is 4.74 Å². The van der Waals surface area contributed by atoms with Crippen molar-refractivity contribution in [1.82, 2.24) is 5.32 Å². The van der Waals surface area contributed by atoms with Crippen molar-refractivity contribution in [2.45, 2.75) is 44.2 Å². The molecule has 0 spiro atoms. The average Bonchev–Trinajstić information content (AvgIpc) is 3.88. The van der Waals surface area contributed by atoms with Crippen LogP contribution in [0.3, 0.4) is 0 Å². The second kappa shape index (κ2) is 12.3. The summed E-state index contributed by atoms with van der Waals surface area (Å²) in [5, 5.41) is 16.4. The molecule has 2 aliphatic carbocycles. The Morgan fingerprint density at radius 3 is 2.23 bits per heavy atom. The van der Waals surface area contributed by atoms with Crippen molar-refractivity contribution in [2.24, 2.45) is 11.8 Å². The van der Waals surface area contributed by atoms with E-state index in [2.05, 4.69) is 10.6 Å². The summed E-state index contributed by atoms with van der Waals surface area (Å²) >= 11 is 0. The molecule has 3 aromatic carbocycles. The van der Waals surface area contributed by atoms with Crippen LogP contribution in [0.5, 0.6) is 5.75 Å². The summed E-state index contributed by atoms with van der Waals surface area (Å²) in [5.74, 6) is 0.634. The van der Waals surface area contributed by atoms with Crippen LogP contribution in [0, 0.1) is 11.8 Å². The fourth-order valence-corrected chi connectivity index (χ4v) is 4.83. The molecule has 3 N–H and O–H groups in total. The zero-order valence-corrected chi connectivity index (χ0v) is 21.8. The summed E-state index contributed by atoms with van der Waals surface area (Å²) in [6.45, 7) is 1.06. The van der Waals surface area contributed by atoms with E-state index in [1.165, 1.54) is 0 Å². The van der Waals surface area contributed by atoms with Crippen LogP contribution in [0.1, 0.15) is 47.2 Å². The molecule has 39 heavy (non-hydrogen) atoms. The summed E-state index contributed by atoms with van der Waals surface area (Å²) in [6.07, 6.45) is 4.54. The van der Waals surface area contributed by atoms with Gasteiger partial charge in [0.15, 0.2) is 11.6 Å². The lowest BCUT2D eigenvalue weighted by Gasteiger charge is -2.19. The molecule has 2 aliphatic rings. The molecule has 1 unspecified atom stereocenters. The van der Waals surface area contributed by atoms with E-state index in [1.54, 1.807) is 48.5 Å². The minimum Gasteiger partial charge on any atom is -0.492 e. The number of anilines is 1. The van der Waals surface area contributed by atoms with Crippen LogP contribution < -0.4 is 15.4 Å². The largest absolute Gasteiger partial charge is 0.492 e. The van der Waals surface area contributed by atoms with Crippen LogP contribution in [0.15, 0.2) is 78.9 Å². The monoisotopic (exact) mass is 526 g/mol. The van der Waals surface area contributed by atoms with E-state index < -0.39 is 12.0 Å². The number of hydrogen-bond acceptors (Lipinski definition) is 6. The van der Waals surface area contributed by atoms with E-state index in [-0.39, 0.29) is 24.2 Å². The van der Waals surface area contributed by atoms with Gasteiger partial charge in [-0.2, -0.15) is 0 Å². The highest BCUT2D eigenvalue weighted by molar-refractivity contribution is 6.12. The van der Waals surface area contributed by atoms with Crippen LogP contribution in [0.4, 0.5) is 5.69 Å². The molecule has 2 atom stereocenters. The maximum absolute atomic E-state index is 13.0. The number of rotatable bonds is 15. The van der Waals surface area contributed by atoms with Crippen molar-refractivity contribution in [3.63, 3.8) is 0 Å². The number of carbonyl (C=O) groups is 3. The Hall–Kier alpha value is -3.97. The zero-order chi connectivity index (χ0) is 27.2. The molecule has 202 valence electrons. The molecule has 0 radical (unpaired) electrons. The second-order valence-electron chi connectivity index (χ2n) is 10.4. The number of carboxylic acid groups (broad SMARTS) is 1. The fourth-order valence-electron chi connectivity index (χ4n) is 4.83. The van der Waals surface area contributed by atoms with Crippen LogP contribution in [-0.4, -0.2) is 47.9 Å². The molecule has 7 heteroatoms. The second-order valence-corrected chi connectivity index (χ2v) is 10.4. The van der Waals surface area contributed by atoms with Gasteiger partial charge in [-0.05, 0) is 61.4 Å². The van der Waals surface area contributed by atoms with Gasteiger partial charge in [0.2, 0.25) is 0 Å². The number of nitrogens with one attached hydrogen (secondary N) is 2. The highest BCUT2D eigenvalue weighted by Gasteiger charge is 2.42. The predicted molar refractivity (Wildman–Crippen MR) is 149 cm³/mol. The Labute approximate surface area is 228 Å². The normalized spacial score (nSPS) is 16.2. The van der Waals surface area contributed by atoms with Gasteiger partial charge in [0.1, 0.15) is 18.4 Å². The lowest BCUT2D eigenvalue weighted by Crippen LogP contribution is -2.41. The molecule has 0 heterocycles. The minimum atomic E-state index is -1.01. The van der Waals surface area contributed by atoms with E-state index in [0.29, 0.717) is 47.4 Å². The highest BCUT2D eigenvalue weighted by atomic mass is 16.5. The summed E-state index contributed by atoms with van der Waals surface area (Å²) in [5.41, 5.74) is 2.28. The molecule has 0 saturated heterocycles. The van der Waals surface area contributed by atoms with Crippen LogP contribution >= 0.6 is 0 Å². The van der Waals surface area contributed by atoms with E-state index >= 15 is 0 Å². The number of carbonyl (C=O) groups excluding carboxylic acids is 2. The topological polar surface area (TPSA) is 105 Å². The van der Waals surface area contributed by atoms with E-state index in [0.717, 1.165) is 31.2 Å². The summed E-state index contributed by atoms with van der Waals surface area (Å²) < 4.78 is 5.86. The Bertz CT molecular complexity index is 1300. The first kappa shape index (κ1) is 26.6. The van der Waals surface area contributed by atoms with E-state index in [9.17, 15) is 19.5 Å². The van der Waals surface area contributed by atoms with Gasteiger partial charge in [-0.3, -0.25) is 9.59 Å². The Balaban J connectivity index is 1.15. The first-order valence-electron chi connectivity index (χ1n) is 13.7. The molecule has 7 nitrogen and oxygen atoms in total. The molecule has 2 fully saturated rings. The Kier molecular flexibility index (Phi) is 8.37. The number of ketones is 2. The third-order valence-corrected chi connectivity index (χ3v) is 7.31. The van der Waals surface area contributed by atoms with Gasteiger partial charge in [-0.1, -0.05) is 54.6 Å². The van der Waals surface area contributed by atoms with Crippen LogP contribution in [-0.2, 0) is 16.0 Å². The van der Waals surface area contributed by atoms with Gasteiger partial charge in [0.05, 0.1) is 6.04 Å². The van der Waals surface area contributed by atoms with Crippen molar-refractivity contribution in [2.75, 3.05) is 18.5 Å². The quantitative estimate of drug-likeness (QED) is 0.194. The van der Waals surface area contributed by atoms with Gasteiger partial charge in [0, 0.05) is 35.7 Å². The molecular formula is C32H34N2O5. The van der Waals surface area contributed by atoms with Crippen molar-refractivity contribution >= 4 is 23.2 Å². The van der Waals surface area contributed by atoms with Gasteiger partial charge in [-0.25, -0.2) is 4.79 Å². The highest BCUT2D eigenvalue weighted by Crippen LogP contribution is 2.39. The first-order valence-corrected chi connectivity index (χ1v) is 13.7. The van der Waals surface area contributed by atoms with Crippen molar-refractivity contribution in [1.29, 1.82) is 0 Å². The first-order chi connectivity index (χ1) is 19.0. The minimum absolute atomic E-state index is 0.0305. The lowest BCUT2D eigenvalue weighted by atomic mass is 10.00. The zero-order valence-electron chi connectivity index (χ0n) is 21.8. The molecular weight excluding hydrogens is 492 g/mol. The average molecular weight is 527 g/mol. The lowest BCUT2D eigenvalue weighted by molar-refractivity contribution is -0.137. The van der Waals surface area contributed by atoms with Gasteiger partial charge in [0.25, 0.3) is 0 Å². The number of hydrogen-bond donors (Lipinski definition) is 3. The smallest absolute Gasteiger partial charge is 0.326 e. The van der Waals surface area contributed by atoms with Crippen molar-refractivity contribution in [3.8, 4) is 5.75 Å². The van der Waals surface area contributed by atoms with Gasteiger partial charge < -0.3 is 20.5 Å². The molecule has 5 rings (SSSR count). The molecule has 0 aromatic heterocycles. The number of para-hydroxylation sites is 1. The standard InChI is InChI=1S/C32H34N2O5/c35-30(23-6-2-1-3-7-23)26-8-4-5-9-27(26)34-28(32(37)38)20-21-10-16-25(17-11-21)39-19-18-33-29(22-12-13-22)31(36)24-14-15-24/h1-11,16-17,22,24,28-29,33-34H,12-15,18-20H2,(H,37,38)/t28-,29?/m0/s1. The van der Waals surface area contributed by atoms with Crippen molar-refractivity contribution in [3.05, 3.63) is 95.6 Å². The van der Waals surface area contributed by atoms with Crippen LogP contribution in [0.2, 0.25) is 0 Å². The molecule has 0 aliphatic heterocycles. The number of ether oxygens (including phenoxy) is 1. The number of carboxylic acids is 1. The number of aliphatic carboxylic acids is 1. The molecule has 0 bridgehead atoms. The maximum atomic E-state index is 13.0. The molecule has 0 amide bonds. The third-order valence-electron chi connectivity index (χ3n) is 7.31. The Morgan fingerprint density at radius 2 is 1.56 bits per heavy atom. The fraction of sp³-hybridized carbons (Fsp3) is 0.344. The molecule has 2 saturated carbocycles. The Morgan fingerprint density at radius 1 is 0.872 bits per heavy atom. The summed E-state index contributed by atoms with van der Waals surface area (Å²) in [6, 6.07) is 22.3. The number of benzene rings is 3. The predicted octanol–water partition coefficient (Wildman–Crippen LogP) is 4.75. The number of Topliss-reactive ketones (excluding diaryl/α,β-unsaturated/α-hetero) is 1. The van der Waals surface area contributed by atoms with E-state index in [1.807, 2.05) is 30.3 Å². The SMILES string of the molecule is O=C(c1ccccc1)c1ccccc1N[C@@H](Cc1ccc(OCCNC(C(=O)C2CC2)C2CC2)cc1)C(=O)O. The van der Waals surface area contributed by atoms with Crippen molar-refractivity contribution < 1.29 is 24.2 Å². The third kappa shape index (κ3) is 7.12. The summed E-state index contributed by atoms with van der Waals surface area (Å²) in [7, 11) is 0. The maximum Gasteiger partial charge on any atom is 0.326 e.